The van der Waals surface area contributed by atoms with Gasteiger partial charge < -0.3 is 20.1 Å². The number of nitrogens with zero attached hydrogens (tertiary/aromatic N) is 1. The normalized spacial score (nSPS) is 13.3. The van der Waals surface area contributed by atoms with Crippen molar-refractivity contribution in [2.24, 2.45) is 5.41 Å². The van der Waals surface area contributed by atoms with Gasteiger partial charge in [-0.25, -0.2) is 4.79 Å². The maximum atomic E-state index is 13.5. The Morgan fingerprint density at radius 1 is 0.892 bits per heavy atom. The number of hydrogen-bond donors (Lipinski definition) is 2. The van der Waals surface area contributed by atoms with Crippen LogP contribution in [-0.4, -0.2) is 47.2 Å². The molecule has 7 heteroatoms. The third-order valence-electron chi connectivity index (χ3n) is 6.57. The van der Waals surface area contributed by atoms with Crippen molar-refractivity contribution in [1.82, 2.24) is 10.2 Å². The van der Waals surface area contributed by atoms with E-state index in [0.29, 0.717) is 0 Å². The fourth-order valence-electron chi connectivity index (χ4n) is 4.77. The molecule has 0 fully saturated rings. The minimum absolute atomic E-state index is 0.108. The number of carboxylic acid groups (broad SMARTS) is 1. The van der Waals surface area contributed by atoms with Crippen molar-refractivity contribution in [2.75, 3.05) is 13.2 Å². The van der Waals surface area contributed by atoms with Crippen molar-refractivity contribution in [3.63, 3.8) is 0 Å². The second-order valence-corrected chi connectivity index (χ2v) is 10.3. The van der Waals surface area contributed by atoms with Crippen molar-refractivity contribution in [2.45, 2.75) is 39.3 Å². The van der Waals surface area contributed by atoms with Crippen LogP contribution in [0.3, 0.4) is 0 Å². The van der Waals surface area contributed by atoms with Crippen LogP contribution in [0, 0.1) is 5.41 Å². The van der Waals surface area contributed by atoms with E-state index in [2.05, 4.69) is 17.4 Å². The number of benzene rings is 3. The molecular weight excluding hydrogens is 468 g/mol. The van der Waals surface area contributed by atoms with Crippen LogP contribution in [0.2, 0.25) is 0 Å². The quantitative estimate of drug-likeness (QED) is 0.451. The van der Waals surface area contributed by atoms with Gasteiger partial charge in [-0.15, -0.1) is 0 Å². The molecule has 1 aliphatic carbocycles. The van der Waals surface area contributed by atoms with Gasteiger partial charge in [0.25, 0.3) is 0 Å². The highest BCUT2D eigenvalue weighted by atomic mass is 16.5. The summed E-state index contributed by atoms with van der Waals surface area (Å²) in [5, 5.41) is 12.2. The Kier molecular flexibility index (Phi) is 7.62. The van der Waals surface area contributed by atoms with Gasteiger partial charge in [0, 0.05) is 12.5 Å². The summed E-state index contributed by atoms with van der Waals surface area (Å²) in [6.07, 6.45) is -0.717. The molecule has 0 saturated heterocycles. The molecule has 3 aromatic carbocycles. The molecule has 0 aliphatic heterocycles. The molecule has 1 atom stereocenters. The number of amides is 2. The largest absolute Gasteiger partial charge is 0.480 e. The molecule has 3 aromatic rings. The number of hydrogen-bond acceptors (Lipinski definition) is 4. The molecule has 0 unspecified atom stereocenters. The first-order chi connectivity index (χ1) is 17.6. The molecule has 0 heterocycles. The van der Waals surface area contributed by atoms with Crippen LogP contribution >= 0.6 is 0 Å². The van der Waals surface area contributed by atoms with Crippen molar-refractivity contribution >= 4 is 18.0 Å². The summed E-state index contributed by atoms with van der Waals surface area (Å²) >= 11 is 0. The predicted octanol–water partition coefficient (Wildman–Crippen LogP) is 5.05. The number of fused-ring (bicyclic) bond motifs is 3. The summed E-state index contributed by atoms with van der Waals surface area (Å²) in [6, 6.07) is 24.3. The fourth-order valence-corrected chi connectivity index (χ4v) is 4.77. The van der Waals surface area contributed by atoms with Gasteiger partial charge in [-0.05, 0) is 33.2 Å². The van der Waals surface area contributed by atoms with E-state index in [1.807, 2.05) is 87.5 Å². The summed E-state index contributed by atoms with van der Waals surface area (Å²) in [4.78, 5) is 39.3. The first-order valence-electron chi connectivity index (χ1n) is 12.3. The number of alkyl carbamates (subject to hydrolysis) is 1. The number of carboxylic acids is 1. The van der Waals surface area contributed by atoms with E-state index in [9.17, 15) is 19.5 Å². The second kappa shape index (κ2) is 10.9. The second-order valence-electron chi connectivity index (χ2n) is 10.3. The van der Waals surface area contributed by atoms with Crippen molar-refractivity contribution in [3.05, 3.63) is 95.6 Å². The van der Waals surface area contributed by atoms with Gasteiger partial charge in [-0.2, -0.15) is 0 Å². The standard InChI is InChI=1S/C30H32N2O5/c1-30(2,3)27(28(35)32(18-26(33)34)17-20-11-5-4-6-12-20)31-29(36)37-19-25-23-15-9-7-13-21(23)22-14-8-10-16-24(22)25/h4-16,25,27H,17-19H2,1-3H3,(H,31,36)(H,33,34)/t27-/m0/s1. The molecule has 0 aromatic heterocycles. The summed E-state index contributed by atoms with van der Waals surface area (Å²) < 4.78 is 5.66. The highest BCUT2D eigenvalue weighted by molar-refractivity contribution is 5.89. The summed E-state index contributed by atoms with van der Waals surface area (Å²) in [5.74, 6) is -1.71. The van der Waals surface area contributed by atoms with E-state index in [1.54, 1.807) is 0 Å². The average molecular weight is 501 g/mol. The Balaban J connectivity index is 1.48. The van der Waals surface area contributed by atoms with Gasteiger partial charge in [-0.1, -0.05) is 99.6 Å². The van der Waals surface area contributed by atoms with Crippen molar-refractivity contribution in [1.29, 1.82) is 0 Å². The van der Waals surface area contributed by atoms with E-state index in [0.717, 1.165) is 27.8 Å². The zero-order valence-electron chi connectivity index (χ0n) is 21.3. The predicted molar refractivity (Wildman–Crippen MR) is 141 cm³/mol. The summed E-state index contributed by atoms with van der Waals surface area (Å²) in [6.45, 7) is 5.22. The lowest BCUT2D eigenvalue weighted by Gasteiger charge is -2.34. The van der Waals surface area contributed by atoms with Crippen LogP contribution in [0.4, 0.5) is 4.79 Å². The SMILES string of the molecule is CC(C)(C)[C@@H](NC(=O)OCC1c2ccccc2-c2ccccc21)C(=O)N(CC(=O)O)Cc1ccccc1. The van der Waals surface area contributed by atoms with E-state index in [-0.39, 0.29) is 19.1 Å². The molecule has 2 N–H and O–H groups in total. The molecule has 37 heavy (non-hydrogen) atoms. The highest BCUT2D eigenvalue weighted by Crippen LogP contribution is 2.44. The minimum Gasteiger partial charge on any atom is -0.480 e. The van der Waals surface area contributed by atoms with Crippen LogP contribution in [0.15, 0.2) is 78.9 Å². The van der Waals surface area contributed by atoms with Crippen molar-refractivity contribution < 1.29 is 24.2 Å². The van der Waals surface area contributed by atoms with Gasteiger partial charge in [0.2, 0.25) is 5.91 Å². The lowest BCUT2D eigenvalue weighted by Crippen LogP contribution is -2.55. The smallest absolute Gasteiger partial charge is 0.407 e. The molecule has 0 spiro atoms. The maximum absolute atomic E-state index is 13.5. The van der Waals surface area contributed by atoms with Gasteiger partial charge in [0.05, 0.1) is 0 Å². The molecule has 0 saturated carbocycles. The van der Waals surface area contributed by atoms with Crippen LogP contribution < -0.4 is 5.32 Å². The Hall–Kier alpha value is -4.13. The first-order valence-corrected chi connectivity index (χ1v) is 12.3. The Morgan fingerprint density at radius 3 is 1.97 bits per heavy atom. The maximum Gasteiger partial charge on any atom is 0.407 e. The molecule has 192 valence electrons. The van der Waals surface area contributed by atoms with Crippen LogP contribution in [0.25, 0.3) is 11.1 Å². The third-order valence-corrected chi connectivity index (χ3v) is 6.57. The molecule has 7 nitrogen and oxygen atoms in total. The third kappa shape index (κ3) is 6.00. The van der Waals surface area contributed by atoms with Gasteiger partial charge in [-0.3, -0.25) is 9.59 Å². The number of carbonyl (C=O) groups excluding carboxylic acids is 2. The van der Waals surface area contributed by atoms with Crippen LogP contribution in [-0.2, 0) is 20.9 Å². The van der Waals surface area contributed by atoms with Gasteiger partial charge in [0.15, 0.2) is 0 Å². The number of ether oxygens (including phenoxy) is 1. The van der Waals surface area contributed by atoms with Crippen LogP contribution in [0.5, 0.6) is 0 Å². The van der Waals surface area contributed by atoms with Crippen LogP contribution in [0.1, 0.15) is 43.4 Å². The Labute approximate surface area is 217 Å². The molecule has 4 rings (SSSR count). The lowest BCUT2D eigenvalue weighted by molar-refractivity contribution is -0.147. The number of carbonyl (C=O) groups is 3. The number of rotatable bonds is 8. The summed E-state index contributed by atoms with van der Waals surface area (Å²) in [7, 11) is 0. The minimum atomic E-state index is -1.13. The van der Waals surface area contributed by atoms with E-state index in [4.69, 9.17) is 4.74 Å². The molecule has 1 aliphatic rings. The van der Waals surface area contributed by atoms with E-state index < -0.39 is 36.0 Å². The summed E-state index contributed by atoms with van der Waals surface area (Å²) in [5.41, 5.74) is 4.55. The Bertz CT molecular complexity index is 1240. The molecule has 0 radical (unpaired) electrons. The number of aliphatic carboxylic acids is 1. The van der Waals surface area contributed by atoms with Crippen molar-refractivity contribution in [3.8, 4) is 11.1 Å². The van der Waals surface area contributed by atoms with Gasteiger partial charge in [0.1, 0.15) is 19.2 Å². The number of nitrogens with one attached hydrogen (secondary N) is 1. The lowest BCUT2D eigenvalue weighted by atomic mass is 9.85. The fraction of sp³-hybridized carbons (Fsp3) is 0.300. The average Bonchev–Trinajstić information content (AvgIpc) is 3.18. The Morgan fingerprint density at radius 2 is 1.43 bits per heavy atom. The molecular formula is C30H32N2O5. The van der Waals surface area contributed by atoms with E-state index >= 15 is 0 Å². The molecule has 2 amide bonds. The zero-order valence-corrected chi connectivity index (χ0v) is 21.3. The molecule has 0 bridgehead atoms. The van der Waals surface area contributed by atoms with Gasteiger partial charge >= 0.3 is 12.1 Å². The highest BCUT2D eigenvalue weighted by Gasteiger charge is 2.37. The van der Waals surface area contributed by atoms with E-state index in [1.165, 1.54) is 4.90 Å². The first kappa shape index (κ1) is 25.9. The zero-order chi connectivity index (χ0) is 26.6. The topological polar surface area (TPSA) is 95.9 Å². The monoisotopic (exact) mass is 500 g/mol.